The molecule has 0 aliphatic rings. The lowest BCUT2D eigenvalue weighted by atomic mass is 10.4. The first kappa shape index (κ1) is 15.9. The highest BCUT2D eigenvalue weighted by Gasteiger charge is 2.01. The quantitative estimate of drug-likeness (QED) is 0.581. The Labute approximate surface area is 120 Å². The number of aliphatic imine (C=N–C) groups is 1. The van der Waals surface area contributed by atoms with Gasteiger partial charge in [0.2, 0.25) is 0 Å². The number of aryl methyl sites for hydroxylation is 1. The van der Waals surface area contributed by atoms with Crippen LogP contribution >= 0.6 is 11.3 Å². The zero-order valence-electron chi connectivity index (χ0n) is 12.4. The van der Waals surface area contributed by atoms with Crippen LogP contribution in [0.4, 0.5) is 0 Å². The van der Waals surface area contributed by atoms with E-state index in [-0.39, 0.29) is 0 Å². The fourth-order valence-corrected chi connectivity index (χ4v) is 2.34. The predicted octanol–water partition coefficient (Wildman–Crippen LogP) is 1.11. The van der Waals surface area contributed by atoms with E-state index in [1.54, 1.807) is 18.4 Å². The van der Waals surface area contributed by atoms with Gasteiger partial charge in [0.1, 0.15) is 0 Å². The zero-order valence-corrected chi connectivity index (χ0v) is 13.2. The van der Waals surface area contributed by atoms with E-state index in [9.17, 15) is 0 Å². The van der Waals surface area contributed by atoms with Gasteiger partial charge in [-0.05, 0) is 20.5 Å². The van der Waals surface area contributed by atoms with Gasteiger partial charge in [0.25, 0.3) is 0 Å². The van der Waals surface area contributed by atoms with Crippen molar-refractivity contribution in [3.63, 3.8) is 0 Å². The number of nitrogens with one attached hydrogen (secondary N) is 2. The van der Waals surface area contributed by atoms with Crippen LogP contribution in [0.15, 0.2) is 11.2 Å². The van der Waals surface area contributed by atoms with Crippen molar-refractivity contribution in [1.29, 1.82) is 0 Å². The maximum absolute atomic E-state index is 4.35. The smallest absolute Gasteiger partial charge is 0.191 e. The summed E-state index contributed by atoms with van der Waals surface area (Å²) < 4.78 is 0. The van der Waals surface area contributed by atoms with Crippen LogP contribution in [0, 0.1) is 6.92 Å². The summed E-state index contributed by atoms with van der Waals surface area (Å²) in [6.07, 6.45) is 2.86. The van der Waals surface area contributed by atoms with Crippen LogP contribution in [0.1, 0.15) is 16.8 Å². The molecule has 0 amide bonds. The van der Waals surface area contributed by atoms with E-state index in [2.05, 4.69) is 46.4 Å². The van der Waals surface area contributed by atoms with Crippen molar-refractivity contribution in [2.24, 2.45) is 4.99 Å². The van der Waals surface area contributed by atoms with E-state index in [4.69, 9.17) is 0 Å². The van der Waals surface area contributed by atoms with Crippen LogP contribution in [-0.4, -0.2) is 56.1 Å². The number of guanidine groups is 1. The molecular weight excluding hydrogens is 258 g/mol. The highest BCUT2D eigenvalue weighted by Crippen LogP contribution is 2.10. The largest absolute Gasteiger partial charge is 0.356 e. The van der Waals surface area contributed by atoms with Crippen LogP contribution in [-0.2, 0) is 6.42 Å². The van der Waals surface area contributed by atoms with E-state index in [0.717, 1.165) is 38.6 Å². The highest BCUT2D eigenvalue weighted by atomic mass is 32.1. The van der Waals surface area contributed by atoms with Crippen LogP contribution in [0.5, 0.6) is 0 Å². The predicted molar refractivity (Wildman–Crippen MR) is 83.1 cm³/mol. The summed E-state index contributed by atoms with van der Waals surface area (Å²) in [5.41, 5.74) is 0. The number of rotatable bonds is 7. The summed E-state index contributed by atoms with van der Waals surface area (Å²) in [7, 11) is 3.91. The summed E-state index contributed by atoms with van der Waals surface area (Å²) in [5, 5.41) is 7.78. The molecule has 19 heavy (non-hydrogen) atoms. The molecule has 0 saturated heterocycles. The molecule has 0 radical (unpaired) electrons. The topological polar surface area (TPSA) is 52.5 Å². The van der Waals surface area contributed by atoms with Crippen molar-refractivity contribution in [2.75, 3.05) is 40.3 Å². The van der Waals surface area contributed by atoms with Crippen molar-refractivity contribution in [3.8, 4) is 0 Å². The number of hydrogen-bond acceptors (Lipinski definition) is 4. The molecule has 0 aromatic carbocycles. The minimum absolute atomic E-state index is 0.857. The van der Waals surface area contributed by atoms with Crippen molar-refractivity contribution in [3.05, 3.63) is 16.1 Å². The molecule has 0 atom stereocenters. The lowest BCUT2D eigenvalue weighted by molar-refractivity contribution is 0.357. The van der Waals surface area contributed by atoms with Gasteiger partial charge in [-0.15, -0.1) is 11.3 Å². The molecule has 5 nitrogen and oxygen atoms in total. The van der Waals surface area contributed by atoms with Gasteiger partial charge in [-0.25, -0.2) is 4.98 Å². The second-order valence-corrected chi connectivity index (χ2v) is 5.76. The highest BCUT2D eigenvalue weighted by molar-refractivity contribution is 7.11. The van der Waals surface area contributed by atoms with Gasteiger partial charge >= 0.3 is 0 Å². The second kappa shape index (κ2) is 8.87. The summed E-state index contributed by atoms with van der Waals surface area (Å²) in [5.74, 6) is 0.859. The molecule has 6 heteroatoms. The number of thiazole rings is 1. The van der Waals surface area contributed by atoms with Crippen molar-refractivity contribution in [2.45, 2.75) is 20.3 Å². The Morgan fingerprint density at radius 2 is 2.16 bits per heavy atom. The van der Waals surface area contributed by atoms with Crippen molar-refractivity contribution < 1.29 is 0 Å². The maximum Gasteiger partial charge on any atom is 0.191 e. The summed E-state index contributed by atoms with van der Waals surface area (Å²) in [4.78, 5) is 12.1. The van der Waals surface area contributed by atoms with Crippen molar-refractivity contribution >= 4 is 17.3 Å². The maximum atomic E-state index is 4.35. The zero-order chi connectivity index (χ0) is 14.1. The minimum atomic E-state index is 0.857. The molecule has 0 aliphatic heterocycles. The number of hydrogen-bond donors (Lipinski definition) is 2. The molecule has 0 unspecified atom stereocenters. The average molecular weight is 283 g/mol. The second-order valence-electron chi connectivity index (χ2n) is 4.44. The molecule has 0 spiro atoms. The first-order valence-electron chi connectivity index (χ1n) is 6.70. The SMILES string of the molecule is CCN(C)CCNC(=NC)NCCc1ncc(C)s1. The lowest BCUT2D eigenvalue weighted by Crippen LogP contribution is -2.41. The molecule has 1 aromatic rings. The van der Waals surface area contributed by atoms with Gasteiger partial charge in [0.15, 0.2) is 5.96 Å². The van der Waals surface area contributed by atoms with E-state index in [1.807, 2.05) is 6.20 Å². The third kappa shape index (κ3) is 6.54. The molecule has 1 aromatic heterocycles. The van der Waals surface area contributed by atoms with Gasteiger partial charge in [-0.2, -0.15) is 0 Å². The molecule has 2 N–H and O–H groups in total. The van der Waals surface area contributed by atoms with Crippen LogP contribution in [0.3, 0.4) is 0 Å². The van der Waals surface area contributed by atoms with E-state index in [1.165, 1.54) is 9.88 Å². The summed E-state index contributed by atoms with van der Waals surface area (Å²) >= 11 is 1.75. The monoisotopic (exact) mass is 283 g/mol. The van der Waals surface area contributed by atoms with Crippen LogP contribution in [0.2, 0.25) is 0 Å². The molecule has 108 valence electrons. The van der Waals surface area contributed by atoms with Crippen molar-refractivity contribution in [1.82, 2.24) is 20.5 Å². The summed E-state index contributed by atoms with van der Waals surface area (Å²) in [6.45, 7) is 8.08. The first-order chi connectivity index (χ1) is 9.15. The standard InChI is InChI=1S/C13H25N5S/c1-5-18(4)9-8-16-13(14-3)15-7-6-12-17-10-11(2)19-12/h10H,5-9H2,1-4H3,(H2,14,15,16). The Kier molecular flexibility index (Phi) is 7.43. The molecule has 0 bridgehead atoms. The van der Waals surface area contributed by atoms with Gasteiger partial charge in [0, 0.05) is 44.2 Å². The summed E-state index contributed by atoms with van der Waals surface area (Å²) in [6, 6.07) is 0. The minimum Gasteiger partial charge on any atom is -0.356 e. The molecule has 1 heterocycles. The van der Waals surface area contributed by atoms with E-state index < -0.39 is 0 Å². The van der Waals surface area contributed by atoms with Crippen LogP contribution < -0.4 is 10.6 Å². The Bertz CT molecular complexity index is 388. The third-order valence-electron chi connectivity index (χ3n) is 2.85. The number of aromatic nitrogens is 1. The molecule has 0 aliphatic carbocycles. The number of nitrogens with zero attached hydrogens (tertiary/aromatic N) is 3. The normalized spacial score (nSPS) is 11.9. The van der Waals surface area contributed by atoms with Gasteiger partial charge in [0.05, 0.1) is 5.01 Å². The average Bonchev–Trinajstić information content (AvgIpc) is 2.82. The van der Waals surface area contributed by atoms with Crippen LogP contribution in [0.25, 0.3) is 0 Å². The Morgan fingerprint density at radius 3 is 2.74 bits per heavy atom. The number of likely N-dealkylation sites (N-methyl/N-ethyl adjacent to an activating group) is 1. The first-order valence-corrected chi connectivity index (χ1v) is 7.51. The molecular formula is C13H25N5S. The van der Waals surface area contributed by atoms with E-state index >= 15 is 0 Å². The van der Waals surface area contributed by atoms with Gasteiger partial charge < -0.3 is 15.5 Å². The lowest BCUT2D eigenvalue weighted by Gasteiger charge is -2.16. The molecule has 1 rings (SSSR count). The van der Waals surface area contributed by atoms with E-state index in [0.29, 0.717) is 0 Å². The van der Waals surface area contributed by atoms with Gasteiger partial charge in [-0.3, -0.25) is 4.99 Å². The van der Waals surface area contributed by atoms with Gasteiger partial charge in [-0.1, -0.05) is 6.92 Å². The fourth-order valence-electron chi connectivity index (χ4n) is 1.55. The third-order valence-corrected chi connectivity index (χ3v) is 3.82. The Hall–Kier alpha value is -1.14. The Balaban J connectivity index is 2.18. The molecule has 0 saturated carbocycles. The Morgan fingerprint density at radius 1 is 1.42 bits per heavy atom. The molecule has 0 fully saturated rings. The fraction of sp³-hybridized carbons (Fsp3) is 0.692.